The first kappa shape index (κ1) is 17.6. The van der Waals surface area contributed by atoms with Crippen molar-refractivity contribution in [1.82, 2.24) is 15.5 Å². The van der Waals surface area contributed by atoms with Crippen molar-refractivity contribution in [1.29, 1.82) is 0 Å². The fourth-order valence-corrected chi connectivity index (χ4v) is 2.66. The molecule has 120 valence electrons. The van der Waals surface area contributed by atoms with Gasteiger partial charge in [0.25, 0.3) is 5.91 Å². The summed E-state index contributed by atoms with van der Waals surface area (Å²) in [5, 5.41) is 14.4. The molecule has 21 heavy (non-hydrogen) atoms. The molecule has 1 aromatic heterocycles. The van der Waals surface area contributed by atoms with Crippen LogP contribution >= 0.6 is 0 Å². The van der Waals surface area contributed by atoms with Crippen molar-refractivity contribution in [2.45, 2.75) is 58.4 Å². The summed E-state index contributed by atoms with van der Waals surface area (Å²) < 4.78 is 23.5. The van der Waals surface area contributed by atoms with Gasteiger partial charge in [-0.3, -0.25) is 9.89 Å². The van der Waals surface area contributed by atoms with Gasteiger partial charge in [0.15, 0.2) is 5.69 Å². The third-order valence-electron chi connectivity index (χ3n) is 3.47. The van der Waals surface area contributed by atoms with E-state index in [-0.39, 0.29) is 28.0 Å². The first-order valence-electron chi connectivity index (χ1n) is 6.77. The number of rotatable bonds is 4. The molecular formula is C13H24N4O3S. The van der Waals surface area contributed by atoms with Gasteiger partial charge in [0.1, 0.15) is 4.90 Å². The molecule has 0 fully saturated rings. The van der Waals surface area contributed by atoms with Crippen LogP contribution in [0.15, 0.2) is 4.90 Å². The first-order chi connectivity index (χ1) is 9.35. The van der Waals surface area contributed by atoms with Crippen LogP contribution in [-0.4, -0.2) is 30.6 Å². The lowest BCUT2D eigenvalue weighted by Gasteiger charge is -2.27. The normalized spacial score (nSPS) is 14.3. The molecule has 1 unspecified atom stereocenters. The SMILES string of the molecule is CC(C)c1[nH]nc(C(=O)NC(C)C(C)(C)C)c1S(N)(=O)=O. The van der Waals surface area contributed by atoms with Gasteiger partial charge in [-0.05, 0) is 18.3 Å². The highest BCUT2D eigenvalue weighted by Gasteiger charge is 2.30. The number of nitrogens with zero attached hydrogens (tertiary/aromatic N) is 1. The predicted molar refractivity (Wildman–Crippen MR) is 80.4 cm³/mol. The van der Waals surface area contributed by atoms with E-state index in [2.05, 4.69) is 15.5 Å². The average Bonchev–Trinajstić information content (AvgIpc) is 2.71. The van der Waals surface area contributed by atoms with E-state index < -0.39 is 15.9 Å². The van der Waals surface area contributed by atoms with E-state index in [0.29, 0.717) is 5.69 Å². The molecule has 0 aliphatic rings. The zero-order chi connectivity index (χ0) is 16.6. The van der Waals surface area contributed by atoms with Crippen LogP contribution in [0.5, 0.6) is 0 Å². The molecule has 0 aliphatic heterocycles. The summed E-state index contributed by atoms with van der Waals surface area (Å²) in [6.07, 6.45) is 0. The van der Waals surface area contributed by atoms with Gasteiger partial charge in [-0.1, -0.05) is 34.6 Å². The minimum atomic E-state index is -4.04. The average molecular weight is 316 g/mol. The summed E-state index contributed by atoms with van der Waals surface area (Å²) in [5.74, 6) is -0.697. The van der Waals surface area contributed by atoms with E-state index in [1.807, 2.05) is 27.7 Å². The molecule has 1 amide bonds. The molecule has 8 heteroatoms. The van der Waals surface area contributed by atoms with Gasteiger partial charge in [0.05, 0.1) is 5.69 Å². The number of nitrogens with one attached hydrogen (secondary N) is 2. The number of hydrogen-bond donors (Lipinski definition) is 3. The number of sulfonamides is 1. The summed E-state index contributed by atoms with van der Waals surface area (Å²) in [6.45, 7) is 11.4. The maximum absolute atomic E-state index is 12.3. The second kappa shape index (κ2) is 5.76. The van der Waals surface area contributed by atoms with Crippen LogP contribution < -0.4 is 10.5 Å². The number of hydrogen-bond acceptors (Lipinski definition) is 4. The number of carbonyl (C=O) groups is 1. The summed E-state index contributed by atoms with van der Waals surface area (Å²) in [4.78, 5) is 12.1. The molecule has 0 saturated carbocycles. The standard InChI is InChI=1S/C13H24N4O3S/c1-7(2)9-11(21(14,19)20)10(17-16-9)12(18)15-8(3)13(4,5)6/h7-8H,1-6H3,(H,15,18)(H,16,17)(H2,14,19,20). The molecule has 0 spiro atoms. The van der Waals surface area contributed by atoms with Crippen LogP contribution in [0.1, 0.15) is 63.6 Å². The number of primary sulfonamides is 1. The minimum Gasteiger partial charge on any atom is -0.348 e. The molecule has 0 radical (unpaired) electrons. The Labute approximate surface area is 125 Å². The Balaban J connectivity index is 3.24. The zero-order valence-electron chi connectivity index (χ0n) is 13.3. The number of H-pyrrole nitrogens is 1. The van der Waals surface area contributed by atoms with Crippen molar-refractivity contribution in [3.8, 4) is 0 Å². The quantitative estimate of drug-likeness (QED) is 0.776. The molecule has 0 aromatic carbocycles. The number of amides is 1. The highest BCUT2D eigenvalue weighted by atomic mass is 32.2. The van der Waals surface area contributed by atoms with Gasteiger partial charge >= 0.3 is 0 Å². The fourth-order valence-electron chi connectivity index (χ4n) is 1.66. The molecule has 1 rings (SSSR count). The second-order valence-corrected chi connectivity index (χ2v) is 8.07. The molecule has 1 atom stereocenters. The topological polar surface area (TPSA) is 118 Å². The Bertz CT molecular complexity index is 626. The molecule has 0 bridgehead atoms. The number of aromatic nitrogens is 2. The number of carbonyl (C=O) groups excluding carboxylic acids is 1. The van der Waals surface area contributed by atoms with E-state index in [1.54, 1.807) is 13.8 Å². The van der Waals surface area contributed by atoms with Crippen molar-refractivity contribution < 1.29 is 13.2 Å². The van der Waals surface area contributed by atoms with Crippen molar-refractivity contribution >= 4 is 15.9 Å². The first-order valence-corrected chi connectivity index (χ1v) is 8.32. The van der Waals surface area contributed by atoms with E-state index in [1.165, 1.54) is 0 Å². The molecule has 0 saturated heterocycles. The molecular weight excluding hydrogens is 292 g/mol. The van der Waals surface area contributed by atoms with Crippen LogP contribution in [-0.2, 0) is 10.0 Å². The number of aromatic amines is 1. The van der Waals surface area contributed by atoms with Crippen molar-refractivity contribution in [3.63, 3.8) is 0 Å². The highest BCUT2D eigenvalue weighted by molar-refractivity contribution is 7.89. The number of nitrogens with two attached hydrogens (primary N) is 1. The van der Waals surface area contributed by atoms with E-state index in [9.17, 15) is 13.2 Å². The van der Waals surface area contributed by atoms with Crippen molar-refractivity contribution in [2.24, 2.45) is 10.6 Å². The van der Waals surface area contributed by atoms with Crippen LogP contribution in [0, 0.1) is 5.41 Å². The lowest BCUT2D eigenvalue weighted by atomic mass is 9.88. The Morgan fingerprint density at radius 1 is 1.29 bits per heavy atom. The molecule has 4 N–H and O–H groups in total. The Kier molecular flexibility index (Phi) is 4.84. The van der Waals surface area contributed by atoms with Gasteiger partial charge in [0, 0.05) is 6.04 Å². The van der Waals surface area contributed by atoms with Crippen LogP contribution in [0.4, 0.5) is 0 Å². The van der Waals surface area contributed by atoms with Crippen LogP contribution in [0.2, 0.25) is 0 Å². The van der Waals surface area contributed by atoms with Gasteiger partial charge in [-0.15, -0.1) is 0 Å². The largest absolute Gasteiger partial charge is 0.348 e. The maximum Gasteiger partial charge on any atom is 0.273 e. The summed E-state index contributed by atoms with van der Waals surface area (Å²) in [5.41, 5.74) is -0.00225. The molecule has 0 aliphatic carbocycles. The van der Waals surface area contributed by atoms with Crippen LogP contribution in [0.25, 0.3) is 0 Å². The van der Waals surface area contributed by atoms with E-state index in [0.717, 1.165) is 0 Å². The molecule has 1 heterocycles. The monoisotopic (exact) mass is 316 g/mol. The Morgan fingerprint density at radius 2 is 1.81 bits per heavy atom. The molecule has 1 aromatic rings. The zero-order valence-corrected chi connectivity index (χ0v) is 14.1. The van der Waals surface area contributed by atoms with Gasteiger partial charge in [0.2, 0.25) is 10.0 Å². The van der Waals surface area contributed by atoms with Gasteiger partial charge in [-0.2, -0.15) is 5.10 Å². The Morgan fingerprint density at radius 3 is 2.19 bits per heavy atom. The van der Waals surface area contributed by atoms with Gasteiger partial charge < -0.3 is 5.32 Å². The highest BCUT2D eigenvalue weighted by Crippen LogP contribution is 2.24. The third-order valence-corrected chi connectivity index (χ3v) is 4.45. The lowest BCUT2D eigenvalue weighted by molar-refractivity contribution is 0.0901. The van der Waals surface area contributed by atoms with Gasteiger partial charge in [-0.25, -0.2) is 13.6 Å². The third kappa shape index (κ3) is 4.04. The van der Waals surface area contributed by atoms with E-state index in [4.69, 9.17) is 5.14 Å². The second-order valence-electron chi connectivity index (χ2n) is 6.58. The van der Waals surface area contributed by atoms with E-state index >= 15 is 0 Å². The summed E-state index contributed by atoms with van der Waals surface area (Å²) >= 11 is 0. The van der Waals surface area contributed by atoms with Crippen LogP contribution in [0.3, 0.4) is 0 Å². The maximum atomic E-state index is 12.3. The van der Waals surface area contributed by atoms with Crippen molar-refractivity contribution in [2.75, 3.05) is 0 Å². The lowest BCUT2D eigenvalue weighted by Crippen LogP contribution is -2.42. The summed E-state index contributed by atoms with van der Waals surface area (Å²) in [6, 6.07) is -0.155. The Hall–Kier alpha value is -1.41. The smallest absolute Gasteiger partial charge is 0.273 e. The summed E-state index contributed by atoms with van der Waals surface area (Å²) in [7, 11) is -4.04. The minimum absolute atomic E-state index is 0.146. The molecule has 7 nitrogen and oxygen atoms in total. The van der Waals surface area contributed by atoms with Crippen molar-refractivity contribution in [3.05, 3.63) is 11.4 Å². The predicted octanol–water partition coefficient (Wildman–Crippen LogP) is 1.34. The fraction of sp³-hybridized carbons (Fsp3) is 0.692.